The molecule has 1 N–H and O–H groups in total. The molecule has 1 saturated heterocycles. The summed E-state index contributed by atoms with van der Waals surface area (Å²) < 4.78 is 4.92. The number of ether oxygens (including phenoxy) is 1. The standard InChI is InChI=1S/C15H18Cl2N2O3/c1-22-6-2-5-18-15(21)10-7-14(20)19(9-10)13-4-3-11(16)8-12(13)17/h3-4,8,10H,2,5-7,9H2,1H3,(H,18,21). The predicted octanol–water partition coefficient (Wildman–Crippen LogP) is 2.50. The monoisotopic (exact) mass is 344 g/mol. The summed E-state index contributed by atoms with van der Waals surface area (Å²) in [4.78, 5) is 25.8. The molecule has 120 valence electrons. The molecule has 0 saturated carbocycles. The summed E-state index contributed by atoms with van der Waals surface area (Å²) in [5.74, 6) is -0.583. The van der Waals surface area contributed by atoms with Crippen LogP contribution in [0.15, 0.2) is 18.2 Å². The van der Waals surface area contributed by atoms with Gasteiger partial charge in [0, 0.05) is 38.2 Å². The largest absolute Gasteiger partial charge is 0.385 e. The van der Waals surface area contributed by atoms with Crippen LogP contribution >= 0.6 is 23.2 Å². The third-order valence-corrected chi connectivity index (χ3v) is 4.06. The topological polar surface area (TPSA) is 58.6 Å². The van der Waals surface area contributed by atoms with E-state index in [1.165, 1.54) is 4.90 Å². The van der Waals surface area contributed by atoms with E-state index in [0.29, 0.717) is 35.4 Å². The van der Waals surface area contributed by atoms with Crippen LogP contribution < -0.4 is 10.2 Å². The van der Waals surface area contributed by atoms with Gasteiger partial charge in [-0.2, -0.15) is 0 Å². The van der Waals surface area contributed by atoms with Crippen LogP contribution in [-0.2, 0) is 14.3 Å². The molecule has 2 amide bonds. The smallest absolute Gasteiger partial charge is 0.227 e. The highest BCUT2D eigenvalue weighted by Gasteiger charge is 2.35. The van der Waals surface area contributed by atoms with Crippen LogP contribution in [0.2, 0.25) is 10.0 Å². The van der Waals surface area contributed by atoms with E-state index in [0.717, 1.165) is 6.42 Å². The molecule has 0 bridgehead atoms. The van der Waals surface area contributed by atoms with E-state index in [9.17, 15) is 9.59 Å². The van der Waals surface area contributed by atoms with Gasteiger partial charge in [0.25, 0.3) is 0 Å². The maximum absolute atomic E-state index is 12.1. The number of carbonyl (C=O) groups excluding carboxylic acids is 2. The molecule has 5 nitrogen and oxygen atoms in total. The minimum atomic E-state index is -0.359. The maximum atomic E-state index is 12.1. The number of rotatable bonds is 6. The van der Waals surface area contributed by atoms with Crippen molar-refractivity contribution >= 4 is 40.7 Å². The van der Waals surface area contributed by atoms with Gasteiger partial charge in [-0.25, -0.2) is 0 Å². The Morgan fingerprint density at radius 2 is 2.23 bits per heavy atom. The maximum Gasteiger partial charge on any atom is 0.227 e. The zero-order chi connectivity index (χ0) is 16.1. The first-order chi connectivity index (χ1) is 10.5. The summed E-state index contributed by atoms with van der Waals surface area (Å²) in [6, 6.07) is 4.96. The highest BCUT2D eigenvalue weighted by molar-refractivity contribution is 6.36. The number of halogens is 2. The van der Waals surface area contributed by atoms with Crippen LogP contribution in [0.5, 0.6) is 0 Å². The van der Waals surface area contributed by atoms with Gasteiger partial charge in [0.05, 0.1) is 16.6 Å². The Morgan fingerprint density at radius 1 is 1.45 bits per heavy atom. The summed E-state index contributed by atoms with van der Waals surface area (Å²) in [5, 5.41) is 3.74. The van der Waals surface area contributed by atoms with Crippen molar-refractivity contribution in [1.82, 2.24) is 5.32 Å². The summed E-state index contributed by atoms with van der Waals surface area (Å²) >= 11 is 12.0. The lowest BCUT2D eigenvalue weighted by molar-refractivity contribution is -0.126. The van der Waals surface area contributed by atoms with Crippen LogP contribution in [0.3, 0.4) is 0 Å². The van der Waals surface area contributed by atoms with E-state index in [1.54, 1.807) is 25.3 Å². The second-order valence-electron chi connectivity index (χ2n) is 5.14. The number of methoxy groups -OCH3 is 1. The van der Waals surface area contributed by atoms with Gasteiger partial charge in [0.1, 0.15) is 0 Å². The van der Waals surface area contributed by atoms with Gasteiger partial charge >= 0.3 is 0 Å². The lowest BCUT2D eigenvalue weighted by atomic mass is 10.1. The number of amides is 2. The normalized spacial score (nSPS) is 17.9. The second-order valence-corrected chi connectivity index (χ2v) is 5.98. The summed E-state index contributed by atoms with van der Waals surface area (Å²) in [7, 11) is 1.62. The first-order valence-corrected chi connectivity index (χ1v) is 7.80. The van der Waals surface area contributed by atoms with Crippen molar-refractivity contribution in [2.75, 3.05) is 31.7 Å². The molecule has 0 aromatic heterocycles. The number of carbonyl (C=O) groups is 2. The molecule has 1 aliphatic heterocycles. The molecule has 1 fully saturated rings. The van der Waals surface area contributed by atoms with Crippen LogP contribution in [0, 0.1) is 5.92 Å². The average Bonchev–Trinajstić information content (AvgIpc) is 2.85. The van der Waals surface area contributed by atoms with Crippen molar-refractivity contribution in [2.24, 2.45) is 5.92 Å². The second kappa shape index (κ2) is 7.81. The van der Waals surface area contributed by atoms with E-state index in [2.05, 4.69) is 5.32 Å². The molecule has 1 aromatic carbocycles. The van der Waals surface area contributed by atoms with Crippen molar-refractivity contribution in [3.05, 3.63) is 28.2 Å². The highest BCUT2D eigenvalue weighted by Crippen LogP contribution is 2.33. The van der Waals surface area contributed by atoms with Gasteiger partial charge in [0.2, 0.25) is 11.8 Å². The molecule has 22 heavy (non-hydrogen) atoms. The SMILES string of the molecule is COCCCNC(=O)C1CC(=O)N(c2ccc(Cl)cc2Cl)C1. The Morgan fingerprint density at radius 3 is 2.91 bits per heavy atom. The molecule has 1 atom stereocenters. The average molecular weight is 345 g/mol. The Bertz CT molecular complexity index is 566. The predicted molar refractivity (Wildman–Crippen MR) is 86.4 cm³/mol. The lowest BCUT2D eigenvalue weighted by Crippen LogP contribution is -2.33. The number of hydrogen-bond donors (Lipinski definition) is 1. The highest BCUT2D eigenvalue weighted by atomic mass is 35.5. The third kappa shape index (κ3) is 4.12. The summed E-state index contributed by atoms with van der Waals surface area (Å²) in [6.45, 7) is 1.46. The van der Waals surface area contributed by atoms with Crippen molar-refractivity contribution in [3.8, 4) is 0 Å². The van der Waals surface area contributed by atoms with E-state index in [4.69, 9.17) is 27.9 Å². The van der Waals surface area contributed by atoms with Gasteiger partial charge < -0.3 is 15.0 Å². The number of nitrogens with zero attached hydrogens (tertiary/aromatic N) is 1. The van der Waals surface area contributed by atoms with Gasteiger partial charge in [-0.15, -0.1) is 0 Å². The summed E-state index contributed by atoms with van der Waals surface area (Å²) in [5.41, 5.74) is 0.589. The van der Waals surface area contributed by atoms with E-state index < -0.39 is 0 Å². The molecule has 0 spiro atoms. The molecule has 2 rings (SSSR count). The Labute approximate surface area is 139 Å². The molecule has 1 aromatic rings. The third-order valence-electron chi connectivity index (χ3n) is 3.52. The van der Waals surface area contributed by atoms with Crippen LogP contribution in [0.25, 0.3) is 0 Å². The van der Waals surface area contributed by atoms with Crippen molar-refractivity contribution in [3.63, 3.8) is 0 Å². The minimum Gasteiger partial charge on any atom is -0.385 e. The molecular formula is C15H18Cl2N2O3. The quantitative estimate of drug-likeness (QED) is 0.806. The number of benzene rings is 1. The molecule has 0 aliphatic carbocycles. The Hall–Kier alpha value is -1.30. The lowest BCUT2D eigenvalue weighted by Gasteiger charge is -2.18. The van der Waals surface area contributed by atoms with Crippen LogP contribution in [0.1, 0.15) is 12.8 Å². The van der Waals surface area contributed by atoms with Gasteiger partial charge in [-0.3, -0.25) is 9.59 Å². The Kier molecular flexibility index (Phi) is 6.06. The molecule has 7 heteroatoms. The van der Waals surface area contributed by atoms with E-state index in [1.807, 2.05) is 0 Å². The molecule has 0 radical (unpaired) electrons. The fourth-order valence-electron chi connectivity index (χ4n) is 2.39. The van der Waals surface area contributed by atoms with Gasteiger partial charge in [-0.1, -0.05) is 23.2 Å². The first kappa shape index (κ1) is 17.1. The fourth-order valence-corrected chi connectivity index (χ4v) is 2.90. The van der Waals surface area contributed by atoms with Crippen LogP contribution in [0.4, 0.5) is 5.69 Å². The van der Waals surface area contributed by atoms with Crippen molar-refractivity contribution < 1.29 is 14.3 Å². The zero-order valence-corrected chi connectivity index (χ0v) is 13.8. The van der Waals surface area contributed by atoms with Gasteiger partial charge in [-0.05, 0) is 24.6 Å². The first-order valence-electron chi connectivity index (χ1n) is 7.05. The Balaban J connectivity index is 1.97. The molecular weight excluding hydrogens is 327 g/mol. The number of hydrogen-bond acceptors (Lipinski definition) is 3. The molecule has 1 aliphatic rings. The van der Waals surface area contributed by atoms with Crippen molar-refractivity contribution in [1.29, 1.82) is 0 Å². The minimum absolute atomic E-state index is 0.110. The fraction of sp³-hybridized carbons (Fsp3) is 0.467. The van der Waals surface area contributed by atoms with Crippen LogP contribution in [-0.4, -0.2) is 38.6 Å². The summed E-state index contributed by atoms with van der Waals surface area (Å²) in [6.07, 6.45) is 0.935. The number of anilines is 1. The molecule has 1 heterocycles. The van der Waals surface area contributed by atoms with E-state index >= 15 is 0 Å². The molecule has 1 unspecified atom stereocenters. The van der Waals surface area contributed by atoms with Crippen molar-refractivity contribution in [2.45, 2.75) is 12.8 Å². The van der Waals surface area contributed by atoms with Gasteiger partial charge in [0.15, 0.2) is 0 Å². The zero-order valence-electron chi connectivity index (χ0n) is 12.3. The van der Waals surface area contributed by atoms with E-state index in [-0.39, 0.29) is 24.2 Å². The number of nitrogens with one attached hydrogen (secondary N) is 1.